The number of unbranched alkanes of at least 4 members (excludes halogenated alkanes) is 3. The number of rotatable bonds is 8. The van der Waals surface area contributed by atoms with Crippen LogP contribution in [0.2, 0.25) is 0 Å². The van der Waals surface area contributed by atoms with Crippen molar-refractivity contribution >= 4 is 11.8 Å². The molecule has 128 valence electrons. The molecular weight excluding hydrogens is 288 g/mol. The minimum atomic E-state index is -0.0861. The van der Waals surface area contributed by atoms with Gasteiger partial charge in [-0.2, -0.15) is 0 Å². The molecule has 23 heavy (non-hydrogen) atoms. The van der Waals surface area contributed by atoms with E-state index in [1.54, 1.807) is 17.2 Å². The Balaban J connectivity index is 1.50. The first-order valence-electron chi connectivity index (χ1n) is 8.91. The topological polar surface area (TPSA) is 48.5 Å². The second-order valence-corrected chi connectivity index (χ2v) is 6.38. The fourth-order valence-electron chi connectivity index (χ4n) is 2.96. The number of pyridine rings is 1. The fraction of sp³-hybridized carbons (Fsp3) is 0.667. The molecule has 0 unspecified atom stereocenters. The minimum Gasteiger partial charge on any atom is -0.328 e. The summed E-state index contributed by atoms with van der Waals surface area (Å²) in [5.74, 6) is 0.603. The number of amides is 2. The van der Waals surface area contributed by atoms with Crippen LogP contribution < -0.4 is 5.32 Å². The molecule has 0 spiro atoms. The van der Waals surface area contributed by atoms with Gasteiger partial charge in [0.25, 0.3) is 0 Å². The molecule has 5 nitrogen and oxygen atoms in total. The average molecular weight is 318 g/mol. The zero-order chi connectivity index (χ0) is 16.3. The Morgan fingerprint density at radius 1 is 1.17 bits per heavy atom. The summed E-state index contributed by atoms with van der Waals surface area (Å²) in [6.07, 6.45) is 10.6. The largest absolute Gasteiger partial charge is 0.328 e. The van der Waals surface area contributed by atoms with Crippen molar-refractivity contribution in [1.82, 2.24) is 14.8 Å². The van der Waals surface area contributed by atoms with Crippen molar-refractivity contribution in [2.24, 2.45) is 0 Å². The number of likely N-dealkylation sites (tertiary alicyclic amines) is 1. The highest BCUT2D eigenvalue weighted by atomic mass is 16.2. The van der Waals surface area contributed by atoms with Crippen molar-refractivity contribution in [1.29, 1.82) is 0 Å². The first-order chi connectivity index (χ1) is 11.3. The smallest absolute Gasteiger partial charge is 0.322 e. The summed E-state index contributed by atoms with van der Waals surface area (Å²) in [4.78, 5) is 20.4. The predicted octanol–water partition coefficient (Wildman–Crippen LogP) is 3.59. The van der Waals surface area contributed by atoms with Crippen LogP contribution in [0, 0.1) is 0 Å². The molecule has 1 aromatic rings. The second kappa shape index (κ2) is 10.2. The van der Waals surface area contributed by atoms with Crippen LogP contribution >= 0.6 is 0 Å². The van der Waals surface area contributed by atoms with Gasteiger partial charge in [0.05, 0.1) is 0 Å². The lowest BCUT2D eigenvalue weighted by molar-refractivity contribution is 0.218. The highest BCUT2D eigenvalue weighted by molar-refractivity contribution is 5.87. The van der Waals surface area contributed by atoms with Crippen molar-refractivity contribution in [2.75, 3.05) is 38.5 Å². The van der Waals surface area contributed by atoms with Gasteiger partial charge < -0.3 is 9.80 Å². The molecule has 0 bridgehead atoms. The van der Waals surface area contributed by atoms with Crippen LogP contribution in [-0.4, -0.2) is 54.0 Å². The van der Waals surface area contributed by atoms with E-state index in [0.29, 0.717) is 5.82 Å². The molecule has 1 aromatic heterocycles. The number of piperidine rings is 1. The van der Waals surface area contributed by atoms with Gasteiger partial charge in [-0.1, -0.05) is 25.3 Å². The van der Waals surface area contributed by atoms with Gasteiger partial charge in [0.1, 0.15) is 5.82 Å². The maximum Gasteiger partial charge on any atom is 0.322 e. The highest BCUT2D eigenvalue weighted by Crippen LogP contribution is 2.10. The lowest BCUT2D eigenvalue weighted by Crippen LogP contribution is -2.32. The Kier molecular flexibility index (Phi) is 7.87. The molecule has 0 aromatic carbocycles. The monoisotopic (exact) mass is 318 g/mol. The summed E-state index contributed by atoms with van der Waals surface area (Å²) in [7, 11) is 1.84. The van der Waals surface area contributed by atoms with Crippen LogP contribution in [0.4, 0.5) is 10.6 Å². The van der Waals surface area contributed by atoms with E-state index >= 15 is 0 Å². The number of hydrogen-bond acceptors (Lipinski definition) is 3. The number of hydrogen-bond donors (Lipinski definition) is 1. The Labute approximate surface area is 140 Å². The Hall–Kier alpha value is -1.62. The van der Waals surface area contributed by atoms with Crippen molar-refractivity contribution in [3.8, 4) is 0 Å². The zero-order valence-electron chi connectivity index (χ0n) is 14.3. The van der Waals surface area contributed by atoms with Gasteiger partial charge in [0, 0.05) is 19.8 Å². The van der Waals surface area contributed by atoms with Crippen LogP contribution in [0.3, 0.4) is 0 Å². The van der Waals surface area contributed by atoms with E-state index in [1.807, 2.05) is 19.2 Å². The van der Waals surface area contributed by atoms with Crippen LogP contribution in [0.1, 0.15) is 44.9 Å². The molecule has 0 aliphatic carbocycles. The van der Waals surface area contributed by atoms with Crippen LogP contribution in [0.25, 0.3) is 0 Å². The van der Waals surface area contributed by atoms with E-state index in [0.717, 1.165) is 13.0 Å². The van der Waals surface area contributed by atoms with E-state index in [4.69, 9.17) is 0 Å². The first-order valence-corrected chi connectivity index (χ1v) is 8.91. The molecule has 0 atom stereocenters. The standard InChI is InChI=1S/C18H30N4O/c1-21(18(23)20-17-11-5-6-12-19-17)13-7-2-3-8-14-22-15-9-4-10-16-22/h5-6,11-12H,2-4,7-10,13-16H2,1H3,(H,19,20,23). The molecule has 2 amide bonds. The number of carbonyl (C=O) groups is 1. The SMILES string of the molecule is CN(CCCCCCN1CCCCC1)C(=O)Nc1ccccn1. The molecule has 2 rings (SSSR count). The predicted molar refractivity (Wildman–Crippen MR) is 94.6 cm³/mol. The van der Waals surface area contributed by atoms with Gasteiger partial charge in [-0.05, 0) is 57.5 Å². The number of anilines is 1. The lowest BCUT2D eigenvalue weighted by Gasteiger charge is -2.26. The molecule has 1 aliphatic heterocycles. The number of aromatic nitrogens is 1. The van der Waals surface area contributed by atoms with E-state index in [9.17, 15) is 4.79 Å². The number of nitrogens with zero attached hydrogens (tertiary/aromatic N) is 3. The number of urea groups is 1. The van der Waals surface area contributed by atoms with Crippen LogP contribution in [0.15, 0.2) is 24.4 Å². The highest BCUT2D eigenvalue weighted by Gasteiger charge is 2.10. The summed E-state index contributed by atoms with van der Waals surface area (Å²) >= 11 is 0. The first kappa shape index (κ1) is 17.7. The third kappa shape index (κ3) is 6.99. The molecular formula is C18H30N4O. The summed E-state index contributed by atoms with van der Waals surface area (Å²) in [6, 6.07) is 5.41. The third-order valence-electron chi connectivity index (χ3n) is 4.41. The summed E-state index contributed by atoms with van der Waals surface area (Å²) in [6.45, 7) is 4.62. The van der Waals surface area contributed by atoms with Crippen LogP contribution in [-0.2, 0) is 0 Å². The quantitative estimate of drug-likeness (QED) is 0.745. The van der Waals surface area contributed by atoms with Crippen molar-refractivity contribution < 1.29 is 4.79 Å². The Bertz CT molecular complexity index is 446. The maximum atomic E-state index is 12.0. The molecule has 2 heterocycles. The number of carbonyl (C=O) groups excluding carboxylic acids is 1. The number of nitrogens with one attached hydrogen (secondary N) is 1. The Morgan fingerprint density at radius 3 is 2.70 bits per heavy atom. The van der Waals surface area contributed by atoms with E-state index < -0.39 is 0 Å². The maximum absolute atomic E-state index is 12.0. The molecule has 1 saturated heterocycles. The molecule has 1 fully saturated rings. The van der Waals surface area contributed by atoms with Crippen molar-refractivity contribution in [3.05, 3.63) is 24.4 Å². The Morgan fingerprint density at radius 2 is 1.96 bits per heavy atom. The molecule has 0 saturated carbocycles. The minimum absolute atomic E-state index is 0.0861. The molecule has 5 heteroatoms. The van der Waals surface area contributed by atoms with Gasteiger partial charge in [-0.25, -0.2) is 9.78 Å². The second-order valence-electron chi connectivity index (χ2n) is 6.38. The van der Waals surface area contributed by atoms with E-state index in [1.165, 1.54) is 58.2 Å². The van der Waals surface area contributed by atoms with Crippen LogP contribution in [0.5, 0.6) is 0 Å². The fourth-order valence-corrected chi connectivity index (χ4v) is 2.96. The van der Waals surface area contributed by atoms with E-state index in [-0.39, 0.29) is 6.03 Å². The summed E-state index contributed by atoms with van der Waals surface area (Å²) < 4.78 is 0. The summed E-state index contributed by atoms with van der Waals surface area (Å²) in [5, 5.41) is 2.81. The lowest BCUT2D eigenvalue weighted by atomic mass is 10.1. The van der Waals surface area contributed by atoms with Gasteiger partial charge in [-0.15, -0.1) is 0 Å². The third-order valence-corrected chi connectivity index (χ3v) is 4.41. The normalized spacial score (nSPS) is 15.3. The molecule has 0 radical (unpaired) electrons. The van der Waals surface area contributed by atoms with Gasteiger partial charge >= 0.3 is 6.03 Å². The van der Waals surface area contributed by atoms with E-state index in [2.05, 4.69) is 15.2 Å². The molecule has 1 N–H and O–H groups in total. The van der Waals surface area contributed by atoms with Crippen molar-refractivity contribution in [2.45, 2.75) is 44.9 Å². The zero-order valence-corrected chi connectivity index (χ0v) is 14.3. The van der Waals surface area contributed by atoms with Crippen molar-refractivity contribution in [3.63, 3.8) is 0 Å². The van der Waals surface area contributed by atoms with Gasteiger partial charge in [-0.3, -0.25) is 5.32 Å². The average Bonchev–Trinajstić information content (AvgIpc) is 2.59. The van der Waals surface area contributed by atoms with Gasteiger partial charge in [0.15, 0.2) is 0 Å². The molecule has 1 aliphatic rings. The van der Waals surface area contributed by atoms with Gasteiger partial charge in [0.2, 0.25) is 0 Å². The summed E-state index contributed by atoms with van der Waals surface area (Å²) in [5.41, 5.74) is 0.